The minimum Gasteiger partial charge on any atom is -0.483 e. The molecule has 2 rings (SSSR count). The molecule has 1 atom stereocenters. The molecule has 1 aromatic rings. The van der Waals surface area contributed by atoms with Gasteiger partial charge in [-0.15, -0.1) is 0 Å². The fraction of sp³-hybridized carbons (Fsp3) is 0.500. The van der Waals surface area contributed by atoms with Crippen LogP contribution >= 0.6 is 0 Å². The number of hydrogen-bond acceptors (Lipinski definition) is 3. The zero-order valence-electron chi connectivity index (χ0n) is 9.33. The van der Waals surface area contributed by atoms with Crippen molar-refractivity contribution < 1.29 is 14.6 Å². The van der Waals surface area contributed by atoms with Crippen LogP contribution in [-0.2, 0) is 0 Å². The van der Waals surface area contributed by atoms with E-state index in [1.807, 2.05) is 32.9 Å². The third kappa shape index (κ3) is 1.67. The second-order valence-corrected chi connectivity index (χ2v) is 4.05. The standard InChI is InChI=1S/C12H16O3/c1-4-12(13)7-14-10-8(2)5-6-9(3)11(10)15-12/h5-6,13H,4,7H2,1-3H3/t12-/m1/s1. The highest BCUT2D eigenvalue weighted by molar-refractivity contribution is 5.52. The molecule has 1 N–H and O–H groups in total. The van der Waals surface area contributed by atoms with Crippen LogP contribution in [0, 0.1) is 13.8 Å². The van der Waals surface area contributed by atoms with E-state index in [-0.39, 0.29) is 6.61 Å². The van der Waals surface area contributed by atoms with Crippen LogP contribution in [0.3, 0.4) is 0 Å². The largest absolute Gasteiger partial charge is 0.483 e. The number of aryl methyl sites for hydroxylation is 2. The van der Waals surface area contributed by atoms with E-state index in [4.69, 9.17) is 9.47 Å². The van der Waals surface area contributed by atoms with Gasteiger partial charge in [-0.1, -0.05) is 19.1 Å². The van der Waals surface area contributed by atoms with Crippen LogP contribution in [0.5, 0.6) is 11.5 Å². The average Bonchev–Trinajstić information content (AvgIpc) is 2.24. The summed E-state index contributed by atoms with van der Waals surface area (Å²) in [6.45, 7) is 5.99. The summed E-state index contributed by atoms with van der Waals surface area (Å²) in [5.74, 6) is 0.254. The SMILES string of the molecule is CC[C@]1(O)COc2c(C)ccc(C)c2O1. The summed E-state index contributed by atoms with van der Waals surface area (Å²) in [6, 6.07) is 3.97. The molecule has 15 heavy (non-hydrogen) atoms. The molecule has 1 aromatic carbocycles. The number of rotatable bonds is 1. The lowest BCUT2D eigenvalue weighted by Crippen LogP contribution is -2.44. The minimum atomic E-state index is -1.18. The van der Waals surface area contributed by atoms with Gasteiger partial charge in [-0.2, -0.15) is 0 Å². The van der Waals surface area contributed by atoms with Gasteiger partial charge in [-0.05, 0) is 25.0 Å². The Bertz CT molecular complexity index is 387. The van der Waals surface area contributed by atoms with Crippen LogP contribution in [-0.4, -0.2) is 17.5 Å². The van der Waals surface area contributed by atoms with E-state index in [0.29, 0.717) is 12.2 Å². The van der Waals surface area contributed by atoms with E-state index in [2.05, 4.69) is 0 Å². The second-order valence-electron chi connectivity index (χ2n) is 4.05. The summed E-state index contributed by atoms with van der Waals surface area (Å²) >= 11 is 0. The van der Waals surface area contributed by atoms with Crippen LogP contribution in [0.2, 0.25) is 0 Å². The summed E-state index contributed by atoms with van der Waals surface area (Å²) in [7, 11) is 0. The molecule has 0 radical (unpaired) electrons. The highest BCUT2D eigenvalue weighted by atomic mass is 16.7. The van der Waals surface area contributed by atoms with Crippen LogP contribution in [0.15, 0.2) is 12.1 Å². The Balaban J connectivity index is 2.45. The van der Waals surface area contributed by atoms with Crippen molar-refractivity contribution in [1.82, 2.24) is 0 Å². The first-order valence-corrected chi connectivity index (χ1v) is 5.20. The van der Waals surface area contributed by atoms with E-state index < -0.39 is 5.79 Å². The molecule has 0 aromatic heterocycles. The molecule has 0 unspecified atom stereocenters. The molecule has 3 nitrogen and oxygen atoms in total. The van der Waals surface area contributed by atoms with Gasteiger partial charge in [0.1, 0.15) is 0 Å². The normalized spacial score (nSPS) is 24.0. The lowest BCUT2D eigenvalue weighted by Gasteiger charge is -2.34. The predicted octanol–water partition coefficient (Wildman–Crippen LogP) is 2.17. The van der Waals surface area contributed by atoms with Gasteiger partial charge in [-0.3, -0.25) is 0 Å². The maximum atomic E-state index is 9.99. The first-order chi connectivity index (χ1) is 7.06. The van der Waals surface area contributed by atoms with Gasteiger partial charge in [0.05, 0.1) is 0 Å². The molecule has 0 spiro atoms. The maximum absolute atomic E-state index is 9.99. The van der Waals surface area contributed by atoms with E-state index in [1.165, 1.54) is 0 Å². The maximum Gasteiger partial charge on any atom is 0.242 e. The zero-order valence-corrected chi connectivity index (χ0v) is 9.33. The molecule has 0 saturated carbocycles. The molecule has 1 heterocycles. The summed E-state index contributed by atoms with van der Waals surface area (Å²) in [5, 5.41) is 9.99. The topological polar surface area (TPSA) is 38.7 Å². The van der Waals surface area contributed by atoms with Gasteiger partial charge >= 0.3 is 0 Å². The van der Waals surface area contributed by atoms with E-state index in [1.54, 1.807) is 0 Å². The molecule has 1 aliphatic heterocycles. The van der Waals surface area contributed by atoms with Crippen molar-refractivity contribution in [1.29, 1.82) is 0 Å². The Labute approximate surface area is 89.6 Å². The van der Waals surface area contributed by atoms with E-state index in [0.717, 1.165) is 16.9 Å². The number of fused-ring (bicyclic) bond motifs is 1. The molecule has 1 aliphatic rings. The van der Waals surface area contributed by atoms with Crippen molar-refractivity contribution in [3.05, 3.63) is 23.3 Å². The van der Waals surface area contributed by atoms with Crippen LogP contribution in [0.25, 0.3) is 0 Å². The summed E-state index contributed by atoms with van der Waals surface area (Å²) in [4.78, 5) is 0. The van der Waals surface area contributed by atoms with Crippen LogP contribution in [0.1, 0.15) is 24.5 Å². The minimum absolute atomic E-state index is 0.195. The average molecular weight is 208 g/mol. The lowest BCUT2D eigenvalue weighted by molar-refractivity contribution is -0.176. The van der Waals surface area contributed by atoms with Gasteiger partial charge in [0.2, 0.25) is 5.79 Å². The van der Waals surface area contributed by atoms with Gasteiger partial charge in [0.15, 0.2) is 18.1 Å². The quantitative estimate of drug-likeness (QED) is 0.768. The zero-order chi connectivity index (χ0) is 11.1. The highest BCUT2D eigenvalue weighted by Gasteiger charge is 2.35. The highest BCUT2D eigenvalue weighted by Crippen LogP contribution is 2.40. The summed E-state index contributed by atoms with van der Waals surface area (Å²) in [5.41, 5.74) is 2.02. The molecule has 0 amide bonds. The van der Waals surface area contributed by atoms with Crippen molar-refractivity contribution in [2.75, 3.05) is 6.61 Å². The van der Waals surface area contributed by atoms with Crippen molar-refractivity contribution in [3.8, 4) is 11.5 Å². The fourth-order valence-electron chi connectivity index (χ4n) is 1.64. The predicted molar refractivity (Wildman–Crippen MR) is 57.3 cm³/mol. The number of benzene rings is 1. The second kappa shape index (κ2) is 3.42. The van der Waals surface area contributed by atoms with E-state index >= 15 is 0 Å². The Morgan fingerprint density at radius 3 is 2.47 bits per heavy atom. The lowest BCUT2D eigenvalue weighted by atomic mass is 10.1. The molecule has 0 saturated heterocycles. The van der Waals surface area contributed by atoms with Gasteiger partial charge in [0, 0.05) is 6.42 Å². The number of hydrogen-bond donors (Lipinski definition) is 1. The van der Waals surface area contributed by atoms with Crippen LogP contribution in [0.4, 0.5) is 0 Å². The Kier molecular flexibility index (Phi) is 2.35. The molecule has 0 bridgehead atoms. The van der Waals surface area contributed by atoms with Crippen molar-refractivity contribution in [2.45, 2.75) is 33.0 Å². The van der Waals surface area contributed by atoms with Crippen LogP contribution < -0.4 is 9.47 Å². The first kappa shape index (κ1) is 10.3. The summed E-state index contributed by atoms with van der Waals surface area (Å²) in [6.07, 6.45) is 0.514. The number of ether oxygens (including phenoxy) is 2. The monoisotopic (exact) mass is 208 g/mol. The summed E-state index contributed by atoms with van der Waals surface area (Å²) < 4.78 is 11.2. The molecule has 0 aliphatic carbocycles. The van der Waals surface area contributed by atoms with Gasteiger partial charge in [0.25, 0.3) is 0 Å². The van der Waals surface area contributed by atoms with Crippen molar-refractivity contribution in [3.63, 3.8) is 0 Å². The smallest absolute Gasteiger partial charge is 0.242 e. The Morgan fingerprint density at radius 1 is 1.27 bits per heavy atom. The van der Waals surface area contributed by atoms with Crippen molar-refractivity contribution >= 4 is 0 Å². The third-order valence-electron chi connectivity index (χ3n) is 2.79. The molecule has 3 heteroatoms. The molecular formula is C12H16O3. The van der Waals surface area contributed by atoms with E-state index in [9.17, 15) is 5.11 Å². The van der Waals surface area contributed by atoms with Crippen molar-refractivity contribution in [2.24, 2.45) is 0 Å². The Hall–Kier alpha value is -1.22. The first-order valence-electron chi connectivity index (χ1n) is 5.20. The molecule has 0 fully saturated rings. The van der Waals surface area contributed by atoms with Gasteiger partial charge < -0.3 is 14.6 Å². The number of aliphatic hydroxyl groups is 1. The third-order valence-corrected chi connectivity index (χ3v) is 2.79. The fourth-order valence-corrected chi connectivity index (χ4v) is 1.64. The van der Waals surface area contributed by atoms with Gasteiger partial charge in [-0.25, -0.2) is 0 Å². The molecule has 82 valence electrons. The molecular weight excluding hydrogens is 192 g/mol. The Morgan fingerprint density at radius 2 is 1.87 bits per heavy atom.